The van der Waals surface area contributed by atoms with Crippen LogP contribution < -0.4 is 5.32 Å². The SMILES string of the molecule is Cc1cc(C)n(C[C@@H]2CCCCN2CC(=O)Nc2ccncc2)n1. The van der Waals surface area contributed by atoms with Gasteiger partial charge in [-0.3, -0.25) is 19.4 Å². The Morgan fingerprint density at radius 1 is 1.29 bits per heavy atom. The van der Waals surface area contributed by atoms with Crippen LogP contribution in [0.15, 0.2) is 30.6 Å². The minimum Gasteiger partial charge on any atom is -0.325 e. The van der Waals surface area contributed by atoms with Crippen LogP contribution >= 0.6 is 0 Å². The van der Waals surface area contributed by atoms with E-state index in [2.05, 4.69) is 38.0 Å². The number of nitrogens with one attached hydrogen (secondary N) is 1. The molecule has 1 amide bonds. The Balaban J connectivity index is 1.61. The Morgan fingerprint density at radius 3 is 2.79 bits per heavy atom. The fourth-order valence-electron chi connectivity index (χ4n) is 3.35. The number of rotatable bonds is 5. The Kier molecular flexibility index (Phi) is 5.25. The second kappa shape index (κ2) is 7.57. The molecule has 6 nitrogen and oxygen atoms in total. The Bertz CT molecular complexity index is 682. The zero-order chi connectivity index (χ0) is 16.9. The van der Waals surface area contributed by atoms with Crippen LogP contribution in [0.4, 0.5) is 5.69 Å². The van der Waals surface area contributed by atoms with Crippen molar-refractivity contribution in [3.63, 3.8) is 0 Å². The second-order valence-corrected chi connectivity index (χ2v) is 6.51. The first-order valence-corrected chi connectivity index (χ1v) is 8.57. The molecule has 0 saturated carbocycles. The molecule has 1 aliphatic rings. The van der Waals surface area contributed by atoms with Gasteiger partial charge in [0.05, 0.1) is 18.8 Å². The minimum absolute atomic E-state index is 0.0291. The summed E-state index contributed by atoms with van der Waals surface area (Å²) in [5.74, 6) is 0.0291. The highest BCUT2D eigenvalue weighted by atomic mass is 16.2. The van der Waals surface area contributed by atoms with Crippen molar-refractivity contribution in [2.24, 2.45) is 0 Å². The predicted molar refractivity (Wildman–Crippen MR) is 93.8 cm³/mol. The van der Waals surface area contributed by atoms with Crippen LogP contribution in [-0.2, 0) is 11.3 Å². The fourth-order valence-corrected chi connectivity index (χ4v) is 3.35. The number of carbonyl (C=O) groups is 1. The minimum atomic E-state index is 0.0291. The van der Waals surface area contributed by atoms with Gasteiger partial charge >= 0.3 is 0 Å². The number of anilines is 1. The molecule has 1 atom stereocenters. The molecule has 0 aromatic carbocycles. The zero-order valence-corrected chi connectivity index (χ0v) is 14.4. The van der Waals surface area contributed by atoms with Crippen molar-refractivity contribution in [1.29, 1.82) is 0 Å². The normalized spacial score (nSPS) is 18.5. The van der Waals surface area contributed by atoms with Gasteiger partial charge in [-0.15, -0.1) is 0 Å². The van der Waals surface area contributed by atoms with Crippen molar-refractivity contribution in [3.05, 3.63) is 42.0 Å². The molecule has 24 heavy (non-hydrogen) atoms. The highest BCUT2D eigenvalue weighted by molar-refractivity contribution is 5.92. The number of hydrogen-bond donors (Lipinski definition) is 1. The molecule has 0 spiro atoms. The number of aryl methyl sites for hydroxylation is 2. The van der Waals surface area contributed by atoms with E-state index in [1.165, 1.54) is 12.1 Å². The third kappa shape index (κ3) is 4.20. The Hall–Kier alpha value is -2.21. The largest absolute Gasteiger partial charge is 0.325 e. The standard InChI is InChI=1S/C18H25N5O/c1-14-11-15(2)23(21-14)12-17-5-3-4-10-22(17)13-18(24)20-16-6-8-19-9-7-16/h6-9,11,17H,3-5,10,12-13H2,1-2H3,(H,19,20,24)/t17-/m0/s1. The lowest BCUT2D eigenvalue weighted by atomic mass is 10.0. The topological polar surface area (TPSA) is 63.1 Å². The van der Waals surface area contributed by atoms with E-state index in [9.17, 15) is 4.79 Å². The van der Waals surface area contributed by atoms with Gasteiger partial charge in [-0.1, -0.05) is 6.42 Å². The number of hydrogen-bond acceptors (Lipinski definition) is 4. The van der Waals surface area contributed by atoms with Crippen molar-refractivity contribution >= 4 is 11.6 Å². The molecule has 128 valence electrons. The van der Waals surface area contributed by atoms with Gasteiger partial charge in [0.25, 0.3) is 0 Å². The maximum atomic E-state index is 12.4. The van der Waals surface area contributed by atoms with Crippen LogP contribution in [0.3, 0.4) is 0 Å². The van der Waals surface area contributed by atoms with Crippen LogP contribution in [0.2, 0.25) is 0 Å². The van der Waals surface area contributed by atoms with Crippen molar-refractivity contribution in [3.8, 4) is 0 Å². The second-order valence-electron chi connectivity index (χ2n) is 6.51. The van der Waals surface area contributed by atoms with Crippen molar-refractivity contribution in [2.75, 3.05) is 18.4 Å². The van der Waals surface area contributed by atoms with E-state index in [4.69, 9.17) is 0 Å². The molecule has 1 fully saturated rings. The van der Waals surface area contributed by atoms with Crippen LogP contribution in [0.5, 0.6) is 0 Å². The first kappa shape index (κ1) is 16.6. The first-order chi connectivity index (χ1) is 11.6. The molecule has 0 unspecified atom stereocenters. The van der Waals surface area contributed by atoms with E-state index in [0.717, 1.165) is 37.3 Å². The van der Waals surface area contributed by atoms with E-state index in [0.29, 0.717) is 12.6 Å². The molecule has 1 N–H and O–H groups in total. The molecule has 0 aliphatic carbocycles. The quantitative estimate of drug-likeness (QED) is 0.916. The van der Waals surface area contributed by atoms with Crippen LogP contribution in [0.1, 0.15) is 30.7 Å². The van der Waals surface area contributed by atoms with Gasteiger partial charge in [-0.05, 0) is 51.4 Å². The zero-order valence-electron chi connectivity index (χ0n) is 14.4. The Labute approximate surface area is 142 Å². The van der Waals surface area contributed by atoms with Gasteiger partial charge in [-0.2, -0.15) is 5.10 Å². The van der Waals surface area contributed by atoms with E-state index in [1.807, 2.05) is 19.1 Å². The molecular formula is C18H25N5O. The number of carbonyl (C=O) groups excluding carboxylic acids is 1. The predicted octanol–water partition coefficient (Wildman–Crippen LogP) is 2.39. The van der Waals surface area contributed by atoms with Crippen LogP contribution in [-0.4, -0.2) is 44.7 Å². The van der Waals surface area contributed by atoms with E-state index >= 15 is 0 Å². The number of nitrogens with zero attached hydrogens (tertiary/aromatic N) is 4. The maximum Gasteiger partial charge on any atom is 0.238 e. The number of likely N-dealkylation sites (tertiary alicyclic amines) is 1. The van der Waals surface area contributed by atoms with Crippen molar-refractivity contribution in [2.45, 2.75) is 45.7 Å². The smallest absolute Gasteiger partial charge is 0.238 e. The average molecular weight is 327 g/mol. The van der Waals surface area contributed by atoms with Crippen molar-refractivity contribution in [1.82, 2.24) is 19.7 Å². The first-order valence-electron chi connectivity index (χ1n) is 8.57. The molecule has 6 heteroatoms. The number of amides is 1. The molecule has 1 saturated heterocycles. The average Bonchev–Trinajstić information content (AvgIpc) is 2.87. The summed E-state index contributed by atoms with van der Waals surface area (Å²) < 4.78 is 2.07. The van der Waals surface area contributed by atoms with Gasteiger partial charge in [0.1, 0.15) is 0 Å². The lowest BCUT2D eigenvalue weighted by Crippen LogP contribution is -2.46. The van der Waals surface area contributed by atoms with Gasteiger partial charge in [0.2, 0.25) is 5.91 Å². The summed E-state index contributed by atoms with van der Waals surface area (Å²) >= 11 is 0. The maximum absolute atomic E-state index is 12.4. The molecule has 3 heterocycles. The third-order valence-corrected chi connectivity index (χ3v) is 4.55. The fraction of sp³-hybridized carbons (Fsp3) is 0.500. The van der Waals surface area contributed by atoms with Gasteiger partial charge in [-0.25, -0.2) is 0 Å². The van der Waals surface area contributed by atoms with Gasteiger partial charge in [0.15, 0.2) is 0 Å². The van der Waals surface area contributed by atoms with Gasteiger partial charge < -0.3 is 5.32 Å². The highest BCUT2D eigenvalue weighted by Crippen LogP contribution is 2.19. The monoisotopic (exact) mass is 327 g/mol. The summed E-state index contributed by atoms with van der Waals surface area (Å²) in [5, 5.41) is 7.51. The van der Waals surface area contributed by atoms with Crippen LogP contribution in [0, 0.1) is 13.8 Å². The molecule has 2 aromatic heterocycles. The van der Waals surface area contributed by atoms with Crippen molar-refractivity contribution < 1.29 is 4.79 Å². The summed E-state index contributed by atoms with van der Waals surface area (Å²) in [6.07, 6.45) is 6.84. The van der Waals surface area contributed by atoms with Gasteiger partial charge in [0, 0.05) is 29.8 Å². The van der Waals surface area contributed by atoms with E-state index in [-0.39, 0.29) is 5.91 Å². The third-order valence-electron chi connectivity index (χ3n) is 4.55. The lowest BCUT2D eigenvalue weighted by molar-refractivity contribution is -0.118. The number of pyridine rings is 1. The summed E-state index contributed by atoms with van der Waals surface area (Å²) in [5.41, 5.74) is 3.02. The molecule has 0 bridgehead atoms. The van der Waals surface area contributed by atoms with E-state index in [1.54, 1.807) is 12.4 Å². The molecular weight excluding hydrogens is 302 g/mol. The number of piperidine rings is 1. The summed E-state index contributed by atoms with van der Waals surface area (Å²) in [6, 6.07) is 6.08. The molecule has 0 radical (unpaired) electrons. The number of aromatic nitrogens is 3. The summed E-state index contributed by atoms with van der Waals surface area (Å²) in [4.78, 5) is 18.6. The molecule has 3 rings (SSSR count). The molecule has 1 aliphatic heterocycles. The van der Waals surface area contributed by atoms with Crippen LogP contribution in [0.25, 0.3) is 0 Å². The summed E-state index contributed by atoms with van der Waals surface area (Å²) in [7, 11) is 0. The lowest BCUT2D eigenvalue weighted by Gasteiger charge is -2.35. The summed E-state index contributed by atoms with van der Waals surface area (Å²) in [6.45, 7) is 6.34. The Morgan fingerprint density at radius 2 is 2.08 bits per heavy atom. The highest BCUT2D eigenvalue weighted by Gasteiger charge is 2.25. The molecule has 2 aromatic rings. The van der Waals surface area contributed by atoms with E-state index < -0.39 is 0 Å².